The lowest BCUT2D eigenvalue weighted by Crippen LogP contribution is -2.10. The van der Waals surface area contributed by atoms with Crippen molar-refractivity contribution in [2.24, 2.45) is 5.10 Å². The summed E-state index contributed by atoms with van der Waals surface area (Å²) in [5.41, 5.74) is 3.19. The Balaban J connectivity index is 1.78. The molecule has 0 amide bonds. The number of aromatic nitrogens is 3. The van der Waals surface area contributed by atoms with Gasteiger partial charge in [0.25, 0.3) is 0 Å². The molecule has 0 aliphatic rings. The number of nitrogens with one attached hydrogen (secondary N) is 1. The first-order valence-corrected chi connectivity index (χ1v) is 10.2. The molecule has 0 atom stereocenters. The minimum Gasteiger partial charge on any atom is -0.496 e. The molecule has 4 aromatic rings. The van der Waals surface area contributed by atoms with Crippen LogP contribution < -0.4 is 4.74 Å². The fraction of sp³-hybridized carbons (Fsp3) is 0.208. The van der Waals surface area contributed by atoms with Crippen molar-refractivity contribution in [3.63, 3.8) is 0 Å². The number of rotatable bonds is 4. The largest absolute Gasteiger partial charge is 0.496 e. The van der Waals surface area contributed by atoms with E-state index in [1.54, 1.807) is 18.0 Å². The van der Waals surface area contributed by atoms with Gasteiger partial charge in [-0.25, -0.2) is 5.10 Å². The van der Waals surface area contributed by atoms with Crippen LogP contribution in [-0.4, -0.2) is 28.2 Å². The van der Waals surface area contributed by atoms with Crippen LogP contribution in [0.5, 0.6) is 5.75 Å². The summed E-state index contributed by atoms with van der Waals surface area (Å²) in [6.07, 6.45) is 1.78. The van der Waals surface area contributed by atoms with E-state index in [2.05, 4.69) is 72.5 Å². The maximum atomic E-state index is 5.56. The molecule has 0 radical (unpaired) electrons. The van der Waals surface area contributed by atoms with Crippen LogP contribution in [0.4, 0.5) is 0 Å². The predicted octanol–water partition coefficient (Wildman–Crippen LogP) is 5.95. The zero-order valence-corrected chi connectivity index (χ0v) is 18.3. The average molecular weight is 417 g/mol. The van der Waals surface area contributed by atoms with Gasteiger partial charge in [-0.3, -0.25) is 0 Å². The number of hydrogen-bond acceptors (Lipinski definition) is 4. The highest BCUT2D eigenvalue weighted by molar-refractivity contribution is 7.71. The standard InChI is InChI=1S/C24H24N4OS/c1-24(2,3)18-12-9-17(10-13-18)22-26-27-23(30)28(22)25-15-20-19-8-6-5-7-16(19)11-14-21(20)29-4/h5-15H,1-4H3,(H,27,30)/b25-15+. The summed E-state index contributed by atoms with van der Waals surface area (Å²) in [5.74, 6) is 1.42. The number of H-pyrrole nitrogens is 1. The summed E-state index contributed by atoms with van der Waals surface area (Å²) in [6, 6.07) is 20.5. The van der Waals surface area contributed by atoms with Crippen LogP contribution in [0.15, 0.2) is 65.8 Å². The van der Waals surface area contributed by atoms with E-state index < -0.39 is 0 Å². The highest BCUT2D eigenvalue weighted by Gasteiger charge is 2.15. The van der Waals surface area contributed by atoms with Gasteiger partial charge < -0.3 is 4.74 Å². The van der Waals surface area contributed by atoms with Gasteiger partial charge in [0.2, 0.25) is 4.77 Å². The zero-order chi connectivity index (χ0) is 21.3. The molecule has 30 heavy (non-hydrogen) atoms. The number of benzene rings is 3. The van der Waals surface area contributed by atoms with Crippen molar-refractivity contribution in [1.29, 1.82) is 0 Å². The summed E-state index contributed by atoms with van der Waals surface area (Å²) < 4.78 is 7.64. The second-order valence-electron chi connectivity index (χ2n) is 8.14. The van der Waals surface area contributed by atoms with Crippen LogP contribution in [-0.2, 0) is 5.41 Å². The predicted molar refractivity (Wildman–Crippen MR) is 125 cm³/mol. The normalized spacial score (nSPS) is 12.0. The van der Waals surface area contributed by atoms with Gasteiger partial charge in [0, 0.05) is 11.1 Å². The second-order valence-corrected chi connectivity index (χ2v) is 8.53. The summed E-state index contributed by atoms with van der Waals surface area (Å²) in [5, 5.41) is 14.1. The lowest BCUT2D eigenvalue weighted by Gasteiger charge is -2.18. The molecule has 1 heterocycles. The third-order valence-corrected chi connectivity index (χ3v) is 5.38. The monoisotopic (exact) mass is 416 g/mol. The average Bonchev–Trinajstić information content (AvgIpc) is 3.11. The van der Waals surface area contributed by atoms with Crippen LogP contribution >= 0.6 is 12.2 Å². The van der Waals surface area contributed by atoms with E-state index >= 15 is 0 Å². The van der Waals surface area contributed by atoms with E-state index in [-0.39, 0.29) is 5.41 Å². The molecular weight excluding hydrogens is 392 g/mol. The summed E-state index contributed by atoms with van der Waals surface area (Å²) in [6.45, 7) is 6.58. The quantitative estimate of drug-likeness (QED) is 0.330. The van der Waals surface area contributed by atoms with Crippen LogP contribution in [0.3, 0.4) is 0 Å². The number of methoxy groups -OCH3 is 1. The maximum absolute atomic E-state index is 5.56. The number of aromatic amines is 1. The highest BCUT2D eigenvalue weighted by atomic mass is 32.1. The number of fused-ring (bicyclic) bond motifs is 1. The minimum atomic E-state index is 0.0896. The van der Waals surface area contributed by atoms with Crippen molar-refractivity contribution in [2.45, 2.75) is 26.2 Å². The van der Waals surface area contributed by atoms with Crippen molar-refractivity contribution in [3.05, 3.63) is 76.6 Å². The Morgan fingerprint density at radius 1 is 1.03 bits per heavy atom. The molecule has 5 nitrogen and oxygen atoms in total. The third-order valence-electron chi connectivity index (χ3n) is 5.11. The van der Waals surface area contributed by atoms with Crippen molar-refractivity contribution >= 4 is 29.2 Å². The summed E-state index contributed by atoms with van der Waals surface area (Å²) in [7, 11) is 1.66. The van der Waals surface area contributed by atoms with Crippen LogP contribution in [0.1, 0.15) is 31.9 Å². The lowest BCUT2D eigenvalue weighted by molar-refractivity contribution is 0.415. The first kappa shape index (κ1) is 20.0. The summed E-state index contributed by atoms with van der Waals surface area (Å²) >= 11 is 5.43. The van der Waals surface area contributed by atoms with Gasteiger partial charge in [0.1, 0.15) is 5.75 Å². The molecule has 0 saturated carbocycles. The molecule has 3 aromatic carbocycles. The Morgan fingerprint density at radius 3 is 2.47 bits per heavy atom. The first-order chi connectivity index (χ1) is 14.4. The van der Waals surface area contributed by atoms with Crippen molar-refractivity contribution in [3.8, 4) is 17.1 Å². The molecular formula is C24H24N4OS. The Morgan fingerprint density at radius 2 is 1.77 bits per heavy atom. The smallest absolute Gasteiger partial charge is 0.216 e. The molecule has 4 rings (SSSR count). The number of ether oxygens (including phenoxy) is 1. The number of hydrogen-bond donors (Lipinski definition) is 1. The van der Waals surface area contributed by atoms with Crippen molar-refractivity contribution in [2.75, 3.05) is 7.11 Å². The maximum Gasteiger partial charge on any atom is 0.216 e. The second kappa shape index (κ2) is 7.88. The van der Waals surface area contributed by atoms with Gasteiger partial charge in [0.15, 0.2) is 5.82 Å². The Hall–Kier alpha value is -3.25. The van der Waals surface area contributed by atoms with Gasteiger partial charge >= 0.3 is 0 Å². The van der Waals surface area contributed by atoms with Crippen LogP contribution in [0.25, 0.3) is 22.2 Å². The molecule has 0 spiro atoms. The topological polar surface area (TPSA) is 55.2 Å². The molecule has 0 aliphatic carbocycles. The molecule has 152 valence electrons. The Bertz CT molecular complexity index is 1280. The van der Waals surface area contributed by atoms with Gasteiger partial charge in [0.05, 0.1) is 13.3 Å². The molecule has 0 saturated heterocycles. The van der Waals surface area contributed by atoms with Gasteiger partial charge in [-0.2, -0.15) is 14.9 Å². The Kier molecular flexibility index (Phi) is 5.26. The highest BCUT2D eigenvalue weighted by Crippen LogP contribution is 2.28. The molecule has 0 aliphatic heterocycles. The molecule has 0 bridgehead atoms. The fourth-order valence-electron chi connectivity index (χ4n) is 3.41. The fourth-order valence-corrected chi connectivity index (χ4v) is 3.59. The van der Waals surface area contributed by atoms with Crippen LogP contribution in [0.2, 0.25) is 0 Å². The summed E-state index contributed by atoms with van der Waals surface area (Å²) in [4.78, 5) is 0. The van der Waals surface area contributed by atoms with E-state index in [9.17, 15) is 0 Å². The first-order valence-electron chi connectivity index (χ1n) is 9.77. The Labute approximate surface area is 181 Å². The van der Waals surface area contributed by atoms with E-state index in [1.165, 1.54) is 5.56 Å². The van der Waals surface area contributed by atoms with E-state index in [0.717, 1.165) is 27.6 Å². The molecule has 0 unspecified atom stereocenters. The molecule has 6 heteroatoms. The van der Waals surface area contributed by atoms with Crippen molar-refractivity contribution < 1.29 is 4.74 Å². The SMILES string of the molecule is COc1ccc2ccccc2c1/C=N/n1c(-c2ccc(C(C)(C)C)cc2)n[nH]c1=S. The van der Waals surface area contributed by atoms with Gasteiger partial charge in [-0.05, 0) is 40.0 Å². The van der Waals surface area contributed by atoms with Gasteiger partial charge in [-0.1, -0.05) is 75.4 Å². The minimum absolute atomic E-state index is 0.0896. The molecule has 1 N–H and O–H groups in total. The third kappa shape index (κ3) is 3.78. The zero-order valence-electron chi connectivity index (χ0n) is 17.5. The lowest BCUT2D eigenvalue weighted by atomic mass is 9.87. The van der Waals surface area contributed by atoms with Crippen molar-refractivity contribution in [1.82, 2.24) is 14.9 Å². The van der Waals surface area contributed by atoms with E-state index in [1.807, 2.05) is 24.3 Å². The molecule has 0 fully saturated rings. The van der Waals surface area contributed by atoms with Gasteiger partial charge in [-0.15, -0.1) is 0 Å². The molecule has 1 aromatic heterocycles. The van der Waals surface area contributed by atoms with Crippen LogP contribution in [0, 0.1) is 4.77 Å². The number of nitrogens with zero attached hydrogens (tertiary/aromatic N) is 3. The van der Waals surface area contributed by atoms with E-state index in [4.69, 9.17) is 17.0 Å². The van der Waals surface area contributed by atoms with E-state index in [0.29, 0.717) is 10.6 Å².